The predicted octanol–water partition coefficient (Wildman–Crippen LogP) is 8.21. The van der Waals surface area contributed by atoms with Crippen LogP contribution in [0.25, 0.3) is 0 Å². The van der Waals surface area contributed by atoms with Gasteiger partial charge in [0.05, 0.1) is 8.07 Å². The Balaban J connectivity index is 3.23. The van der Waals surface area contributed by atoms with Gasteiger partial charge in [-0.2, -0.15) is 0 Å². The molecule has 0 amide bonds. The largest absolute Gasteiger partial charge is 0.382 e. The van der Waals surface area contributed by atoms with E-state index in [1.807, 2.05) is 0 Å². The molecule has 0 bridgehead atoms. The first-order valence-corrected chi connectivity index (χ1v) is 14.1. The van der Waals surface area contributed by atoms with Gasteiger partial charge in [-0.25, -0.2) is 0 Å². The third-order valence-corrected chi connectivity index (χ3v) is 12.1. The fourth-order valence-electron chi connectivity index (χ4n) is 3.90. The van der Waals surface area contributed by atoms with Gasteiger partial charge in [0.25, 0.3) is 0 Å². The number of unbranched alkanes of at least 4 members (excludes halogenated alkanes) is 11. The highest BCUT2D eigenvalue weighted by atomic mass is 28.3. The lowest BCUT2D eigenvalue weighted by atomic mass is 10.1. The number of ether oxygens (including phenoxy) is 1. The van der Waals surface area contributed by atoms with Gasteiger partial charge >= 0.3 is 0 Å². The lowest BCUT2D eigenvalue weighted by Crippen LogP contribution is -2.30. The fourth-order valence-corrected chi connectivity index (χ4v) is 7.46. The van der Waals surface area contributed by atoms with Crippen molar-refractivity contribution in [3.05, 3.63) is 0 Å². The number of hydrogen-bond acceptors (Lipinski definition) is 1. The van der Waals surface area contributed by atoms with Gasteiger partial charge in [0.15, 0.2) is 0 Å². The van der Waals surface area contributed by atoms with Crippen LogP contribution in [0.3, 0.4) is 0 Å². The van der Waals surface area contributed by atoms with Crippen molar-refractivity contribution >= 4 is 8.07 Å². The Bertz CT molecular complexity index is 230. The van der Waals surface area contributed by atoms with Crippen LogP contribution in [0.1, 0.15) is 105 Å². The standard InChI is InChI=1S/C22H48OSi/c1-5-23-21-19-17-15-13-11-9-10-12-14-16-18-20-22-24(6-2,7-3)8-4/h5-22H2,1-4H3. The van der Waals surface area contributed by atoms with E-state index in [-0.39, 0.29) is 0 Å². The summed E-state index contributed by atoms with van der Waals surface area (Å²) >= 11 is 0. The molecule has 0 aliphatic carbocycles. The van der Waals surface area contributed by atoms with Crippen LogP contribution in [0.5, 0.6) is 0 Å². The Labute approximate surface area is 155 Å². The quantitative estimate of drug-likeness (QED) is 0.167. The Morgan fingerprint density at radius 2 is 0.875 bits per heavy atom. The minimum Gasteiger partial charge on any atom is -0.382 e. The lowest BCUT2D eigenvalue weighted by Gasteiger charge is -2.28. The van der Waals surface area contributed by atoms with Crippen molar-refractivity contribution in [1.29, 1.82) is 0 Å². The molecular formula is C22H48OSi. The predicted molar refractivity (Wildman–Crippen MR) is 114 cm³/mol. The molecule has 0 radical (unpaired) electrons. The van der Waals surface area contributed by atoms with Gasteiger partial charge in [-0.3, -0.25) is 0 Å². The molecule has 0 saturated carbocycles. The molecule has 0 heterocycles. The van der Waals surface area contributed by atoms with Crippen LogP contribution in [0.2, 0.25) is 24.2 Å². The summed E-state index contributed by atoms with van der Waals surface area (Å²) in [5.41, 5.74) is 0. The Hall–Kier alpha value is 0.177. The molecule has 0 rings (SSSR count). The van der Waals surface area contributed by atoms with Gasteiger partial charge in [0.1, 0.15) is 0 Å². The second kappa shape index (κ2) is 18.0. The van der Waals surface area contributed by atoms with Crippen molar-refractivity contribution < 1.29 is 4.74 Å². The molecule has 0 aliphatic rings. The van der Waals surface area contributed by atoms with Crippen LogP contribution in [0, 0.1) is 0 Å². The lowest BCUT2D eigenvalue weighted by molar-refractivity contribution is 0.143. The van der Waals surface area contributed by atoms with Crippen molar-refractivity contribution in [2.24, 2.45) is 0 Å². The van der Waals surface area contributed by atoms with Crippen LogP contribution in [0.15, 0.2) is 0 Å². The molecule has 0 aromatic carbocycles. The molecule has 146 valence electrons. The van der Waals surface area contributed by atoms with Crippen LogP contribution >= 0.6 is 0 Å². The van der Waals surface area contributed by atoms with E-state index in [4.69, 9.17) is 4.74 Å². The molecule has 24 heavy (non-hydrogen) atoms. The smallest absolute Gasteiger partial charge is 0.0527 e. The van der Waals surface area contributed by atoms with Gasteiger partial charge in [0.2, 0.25) is 0 Å². The van der Waals surface area contributed by atoms with Crippen molar-refractivity contribution in [2.45, 2.75) is 129 Å². The summed E-state index contributed by atoms with van der Waals surface area (Å²) in [5, 5.41) is 0. The zero-order valence-corrected chi connectivity index (χ0v) is 18.6. The summed E-state index contributed by atoms with van der Waals surface area (Å²) in [7, 11) is -0.830. The molecule has 0 aromatic rings. The third kappa shape index (κ3) is 13.5. The SMILES string of the molecule is CCOCCCCCCCCCCCCCC[Si](CC)(CC)CC. The zero-order valence-electron chi connectivity index (χ0n) is 17.6. The normalized spacial score (nSPS) is 12.0. The highest BCUT2D eigenvalue weighted by Crippen LogP contribution is 2.27. The van der Waals surface area contributed by atoms with Gasteiger partial charge in [-0.05, 0) is 13.3 Å². The number of hydrogen-bond donors (Lipinski definition) is 0. The monoisotopic (exact) mass is 356 g/mol. The van der Waals surface area contributed by atoms with Gasteiger partial charge < -0.3 is 4.74 Å². The summed E-state index contributed by atoms with van der Waals surface area (Å²) < 4.78 is 5.37. The fraction of sp³-hybridized carbons (Fsp3) is 1.00. The molecule has 0 fully saturated rings. The molecule has 0 N–H and O–H groups in total. The van der Waals surface area contributed by atoms with Crippen molar-refractivity contribution in [3.8, 4) is 0 Å². The van der Waals surface area contributed by atoms with Crippen LogP contribution in [0.4, 0.5) is 0 Å². The summed E-state index contributed by atoms with van der Waals surface area (Å²) in [6.45, 7) is 11.2. The van der Waals surface area contributed by atoms with Crippen LogP contribution in [-0.2, 0) is 4.74 Å². The maximum atomic E-state index is 5.37. The van der Waals surface area contributed by atoms with E-state index in [1.165, 1.54) is 95.2 Å². The molecule has 0 aliphatic heterocycles. The van der Waals surface area contributed by atoms with E-state index in [0.717, 1.165) is 13.2 Å². The molecule has 0 saturated heterocycles. The first kappa shape index (κ1) is 24.2. The van der Waals surface area contributed by atoms with Crippen molar-refractivity contribution in [3.63, 3.8) is 0 Å². The molecule has 2 heteroatoms. The van der Waals surface area contributed by atoms with E-state index in [0.29, 0.717) is 0 Å². The first-order chi connectivity index (χ1) is 11.7. The molecule has 0 atom stereocenters. The second-order valence-corrected chi connectivity index (χ2v) is 13.4. The van der Waals surface area contributed by atoms with Crippen molar-refractivity contribution in [2.75, 3.05) is 13.2 Å². The maximum Gasteiger partial charge on any atom is 0.0527 e. The molecule has 1 nitrogen and oxygen atoms in total. The third-order valence-electron chi connectivity index (χ3n) is 6.20. The maximum absolute atomic E-state index is 5.37. The summed E-state index contributed by atoms with van der Waals surface area (Å²) in [4.78, 5) is 0. The second-order valence-electron chi connectivity index (χ2n) is 7.75. The zero-order chi connectivity index (χ0) is 17.9. The first-order valence-electron chi connectivity index (χ1n) is 11.3. The molecular weight excluding hydrogens is 308 g/mol. The van der Waals surface area contributed by atoms with E-state index < -0.39 is 8.07 Å². The molecule has 0 spiro atoms. The number of rotatable bonds is 19. The van der Waals surface area contributed by atoms with E-state index >= 15 is 0 Å². The Morgan fingerprint density at radius 3 is 1.25 bits per heavy atom. The van der Waals surface area contributed by atoms with E-state index in [2.05, 4.69) is 27.7 Å². The average Bonchev–Trinajstić information content (AvgIpc) is 2.62. The highest BCUT2D eigenvalue weighted by Gasteiger charge is 2.25. The Morgan fingerprint density at radius 1 is 0.500 bits per heavy atom. The summed E-state index contributed by atoms with van der Waals surface area (Å²) in [6, 6.07) is 6.11. The molecule has 0 unspecified atom stereocenters. The van der Waals surface area contributed by atoms with Gasteiger partial charge in [-0.15, -0.1) is 0 Å². The minimum atomic E-state index is -0.830. The van der Waals surface area contributed by atoms with Crippen LogP contribution < -0.4 is 0 Å². The Kier molecular flexibility index (Phi) is 18.1. The average molecular weight is 357 g/mol. The van der Waals surface area contributed by atoms with E-state index in [1.54, 1.807) is 6.04 Å². The van der Waals surface area contributed by atoms with E-state index in [9.17, 15) is 0 Å². The molecule has 0 aromatic heterocycles. The van der Waals surface area contributed by atoms with Crippen LogP contribution in [-0.4, -0.2) is 21.3 Å². The van der Waals surface area contributed by atoms with Crippen molar-refractivity contribution in [1.82, 2.24) is 0 Å². The topological polar surface area (TPSA) is 9.23 Å². The van der Waals surface area contributed by atoms with Gasteiger partial charge in [-0.1, -0.05) is 116 Å². The minimum absolute atomic E-state index is 0.830. The summed E-state index contributed by atoms with van der Waals surface area (Å²) in [5.74, 6) is 0. The highest BCUT2D eigenvalue weighted by molar-refractivity contribution is 6.79. The van der Waals surface area contributed by atoms with Gasteiger partial charge in [0, 0.05) is 13.2 Å². The summed E-state index contributed by atoms with van der Waals surface area (Å²) in [6.07, 6.45) is 17.3.